The number of methoxy groups -OCH3 is 2. The molecule has 0 aliphatic heterocycles. The van der Waals surface area contributed by atoms with Crippen LogP contribution in [-0.2, 0) is 16.4 Å². The summed E-state index contributed by atoms with van der Waals surface area (Å²) in [7, 11) is -0.697. The van der Waals surface area contributed by atoms with Gasteiger partial charge in [0.1, 0.15) is 0 Å². The topological polar surface area (TPSA) is 93.7 Å². The zero-order chi connectivity index (χ0) is 23.8. The molecule has 0 saturated carbocycles. The van der Waals surface area contributed by atoms with Gasteiger partial charge in [-0.25, -0.2) is 8.42 Å². The molecular weight excluding hydrogens is 460 g/mol. The maximum Gasteiger partial charge on any atom is 0.261 e. The van der Waals surface area contributed by atoms with Crippen LogP contribution < -0.4 is 19.5 Å². The molecule has 0 bridgehead atoms. The summed E-state index contributed by atoms with van der Waals surface area (Å²) < 4.78 is 38.7. The second kappa shape index (κ2) is 11.1. The van der Waals surface area contributed by atoms with Gasteiger partial charge in [0.05, 0.1) is 30.4 Å². The van der Waals surface area contributed by atoms with Crippen molar-refractivity contribution in [3.8, 4) is 11.5 Å². The van der Waals surface area contributed by atoms with Crippen molar-refractivity contribution >= 4 is 33.4 Å². The fraction of sp³-hybridized carbons (Fsp3) is 0.208. The summed E-state index contributed by atoms with van der Waals surface area (Å²) in [6, 6.07) is 18.7. The average molecular weight is 487 g/mol. The second-order valence-corrected chi connectivity index (χ2v) is 9.58. The molecule has 0 fully saturated rings. The second-order valence-electron chi connectivity index (χ2n) is 7.02. The molecule has 174 valence electrons. The van der Waals surface area contributed by atoms with Gasteiger partial charge in [0.25, 0.3) is 15.9 Å². The van der Waals surface area contributed by atoms with Gasteiger partial charge in [-0.15, -0.1) is 11.8 Å². The van der Waals surface area contributed by atoms with Crippen molar-refractivity contribution in [2.75, 3.05) is 31.7 Å². The van der Waals surface area contributed by atoms with E-state index >= 15 is 0 Å². The summed E-state index contributed by atoms with van der Waals surface area (Å²) in [5.74, 6) is 0.882. The first-order valence-electron chi connectivity index (χ1n) is 10.1. The van der Waals surface area contributed by atoms with Crippen LogP contribution in [0.4, 0.5) is 5.69 Å². The molecule has 0 spiro atoms. The molecule has 9 heteroatoms. The van der Waals surface area contributed by atoms with E-state index in [1.807, 2.05) is 24.5 Å². The molecule has 0 unspecified atom stereocenters. The number of para-hydroxylation sites is 1. The third kappa shape index (κ3) is 6.21. The van der Waals surface area contributed by atoms with Crippen LogP contribution in [-0.4, -0.2) is 41.3 Å². The number of sulfonamides is 1. The first-order chi connectivity index (χ1) is 15.9. The zero-order valence-electron chi connectivity index (χ0n) is 18.6. The Morgan fingerprint density at radius 2 is 1.64 bits per heavy atom. The number of carbonyl (C=O) groups is 1. The van der Waals surface area contributed by atoms with Gasteiger partial charge in [-0.1, -0.05) is 18.2 Å². The first-order valence-corrected chi connectivity index (χ1v) is 12.8. The minimum atomic E-state index is -3.84. The highest BCUT2D eigenvalue weighted by molar-refractivity contribution is 7.98. The van der Waals surface area contributed by atoms with Crippen molar-refractivity contribution in [2.24, 2.45) is 0 Å². The Morgan fingerprint density at radius 1 is 0.939 bits per heavy atom. The molecule has 0 saturated heterocycles. The molecule has 3 aromatic carbocycles. The third-order valence-electron chi connectivity index (χ3n) is 4.93. The number of benzene rings is 3. The Kier molecular flexibility index (Phi) is 8.24. The van der Waals surface area contributed by atoms with E-state index in [9.17, 15) is 13.2 Å². The highest BCUT2D eigenvalue weighted by atomic mass is 32.2. The summed E-state index contributed by atoms with van der Waals surface area (Å²) in [5, 5.41) is 2.85. The fourth-order valence-corrected chi connectivity index (χ4v) is 4.67. The number of thioether (sulfide) groups is 1. The fourth-order valence-electron chi connectivity index (χ4n) is 3.18. The highest BCUT2D eigenvalue weighted by Gasteiger charge is 2.18. The highest BCUT2D eigenvalue weighted by Crippen LogP contribution is 2.27. The number of hydrogen-bond donors (Lipinski definition) is 2. The standard InChI is InChI=1S/C24H26N2O5S2/c1-30-22-13-8-17(16-23(22)31-2)14-15-25-24(27)20-6-4-5-7-21(20)26-33(28,29)19-11-9-18(32-3)10-12-19/h4-13,16,26H,14-15H2,1-3H3,(H,25,27). The van der Waals surface area contributed by atoms with Gasteiger partial charge in [-0.2, -0.15) is 0 Å². The van der Waals surface area contributed by atoms with Gasteiger partial charge in [0.2, 0.25) is 0 Å². The van der Waals surface area contributed by atoms with E-state index in [1.165, 1.54) is 11.8 Å². The number of hydrogen-bond acceptors (Lipinski definition) is 6. The van der Waals surface area contributed by atoms with Crippen molar-refractivity contribution in [1.29, 1.82) is 0 Å². The molecule has 3 aromatic rings. The normalized spacial score (nSPS) is 11.0. The smallest absolute Gasteiger partial charge is 0.261 e. The lowest BCUT2D eigenvalue weighted by Crippen LogP contribution is -2.27. The van der Waals surface area contributed by atoms with Crippen LogP contribution in [0.5, 0.6) is 11.5 Å². The zero-order valence-corrected chi connectivity index (χ0v) is 20.3. The van der Waals surface area contributed by atoms with E-state index < -0.39 is 10.0 Å². The lowest BCUT2D eigenvalue weighted by atomic mass is 10.1. The van der Waals surface area contributed by atoms with Crippen LogP contribution in [0.1, 0.15) is 15.9 Å². The maximum atomic E-state index is 12.8. The van der Waals surface area contributed by atoms with E-state index in [-0.39, 0.29) is 22.1 Å². The summed E-state index contributed by atoms with van der Waals surface area (Å²) in [6.45, 7) is 0.367. The Balaban J connectivity index is 1.68. The molecule has 7 nitrogen and oxygen atoms in total. The number of carbonyl (C=O) groups excluding carboxylic acids is 1. The molecule has 0 heterocycles. The molecular formula is C24H26N2O5S2. The monoisotopic (exact) mass is 486 g/mol. The van der Waals surface area contributed by atoms with Crippen molar-refractivity contribution in [3.63, 3.8) is 0 Å². The summed E-state index contributed by atoms with van der Waals surface area (Å²) in [4.78, 5) is 13.9. The molecule has 0 aromatic heterocycles. The predicted molar refractivity (Wildman–Crippen MR) is 131 cm³/mol. The molecule has 33 heavy (non-hydrogen) atoms. The van der Waals surface area contributed by atoms with Gasteiger partial charge in [-0.3, -0.25) is 9.52 Å². The molecule has 3 rings (SSSR count). The van der Waals surface area contributed by atoms with Crippen LogP contribution in [0.3, 0.4) is 0 Å². The van der Waals surface area contributed by atoms with Crippen molar-refractivity contribution in [3.05, 3.63) is 77.9 Å². The van der Waals surface area contributed by atoms with Gasteiger partial charge in [0.15, 0.2) is 11.5 Å². The van der Waals surface area contributed by atoms with E-state index in [1.54, 1.807) is 62.8 Å². The molecule has 0 aliphatic rings. The van der Waals surface area contributed by atoms with Crippen molar-refractivity contribution in [2.45, 2.75) is 16.2 Å². The van der Waals surface area contributed by atoms with Crippen molar-refractivity contribution < 1.29 is 22.7 Å². The van der Waals surface area contributed by atoms with Crippen LogP contribution in [0.2, 0.25) is 0 Å². The van der Waals surface area contributed by atoms with Gasteiger partial charge >= 0.3 is 0 Å². The van der Waals surface area contributed by atoms with Gasteiger partial charge in [-0.05, 0) is 66.8 Å². The quantitative estimate of drug-likeness (QED) is 0.417. The Morgan fingerprint density at radius 3 is 2.30 bits per heavy atom. The van der Waals surface area contributed by atoms with E-state index in [4.69, 9.17) is 9.47 Å². The van der Waals surface area contributed by atoms with Gasteiger partial charge < -0.3 is 14.8 Å². The molecule has 0 radical (unpaired) electrons. The lowest BCUT2D eigenvalue weighted by molar-refractivity contribution is 0.0955. The van der Waals surface area contributed by atoms with Crippen LogP contribution >= 0.6 is 11.8 Å². The third-order valence-corrected chi connectivity index (χ3v) is 7.06. The van der Waals surface area contributed by atoms with Crippen molar-refractivity contribution in [1.82, 2.24) is 5.32 Å². The van der Waals surface area contributed by atoms with E-state index in [0.717, 1.165) is 10.5 Å². The Labute approximate surface area is 198 Å². The lowest BCUT2D eigenvalue weighted by Gasteiger charge is -2.13. The first kappa shape index (κ1) is 24.5. The minimum absolute atomic E-state index is 0.129. The van der Waals surface area contributed by atoms with E-state index in [2.05, 4.69) is 10.0 Å². The molecule has 2 N–H and O–H groups in total. The summed E-state index contributed by atoms with van der Waals surface area (Å²) >= 11 is 1.53. The number of anilines is 1. The molecule has 0 aliphatic carbocycles. The van der Waals surface area contributed by atoms with E-state index in [0.29, 0.717) is 24.5 Å². The molecule has 0 atom stereocenters. The van der Waals surface area contributed by atoms with Crippen LogP contribution in [0, 0.1) is 0 Å². The number of ether oxygens (including phenoxy) is 2. The summed E-state index contributed by atoms with van der Waals surface area (Å²) in [5.41, 5.74) is 1.43. The van der Waals surface area contributed by atoms with Gasteiger partial charge in [0, 0.05) is 11.4 Å². The maximum absolute atomic E-state index is 12.8. The molecule has 1 amide bonds. The summed E-state index contributed by atoms with van der Waals surface area (Å²) in [6.07, 6.45) is 2.49. The predicted octanol–water partition coefficient (Wildman–Crippen LogP) is 4.20. The Bertz CT molecular complexity index is 1210. The average Bonchev–Trinajstić information content (AvgIpc) is 2.84. The SMILES string of the molecule is COc1ccc(CCNC(=O)c2ccccc2NS(=O)(=O)c2ccc(SC)cc2)cc1OC. The number of rotatable bonds is 10. The Hall–Kier alpha value is -3.17. The van der Waals surface area contributed by atoms with Crippen LogP contribution in [0.15, 0.2) is 76.5 Å². The van der Waals surface area contributed by atoms with Crippen LogP contribution in [0.25, 0.3) is 0 Å². The number of amides is 1. The minimum Gasteiger partial charge on any atom is -0.493 e. The number of nitrogens with one attached hydrogen (secondary N) is 2. The largest absolute Gasteiger partial charge is 0.493 e.